The SMILES string of the molecule is COCCN1CCN(C(CN2CCOCC2)c2ccccc2)CC1. The molecule has 1 aromatic rings. The van der Waals surface area contributed by atoms with Gasteiger partial charge in [0.1, 0.15) is 0 Å². The molecule has 2 aliphatic heterocycles. The van der Waals surface area contributed by atoms with Crippen LogP contribution < -0.4 is 0 Å². The molecule has 1 unspecified atom stereocenters. The molecule has 0 spiro atoms. The molecule has 24 heavy (non-hydrogen) atoms. The van der Waals surface area contributed by atoms with Crippen LogP contribution in [0.15, 0.2) is 30.3 Å². The van der Waals surface area contributed by atoms with Crippen molar-refractivity contribution in [3.05, 3.63) is 35.9 Å². The number of rotatable bonds is 7. The van der Waals surface area contributed by atoms with E-state index in [0.717, 1.165) is 72.2 Å². The minimum absolute atomic E-state index is 0.480. The summed E-state index contributed by atoms with van der Waals surface area (Å²) in [5.41, 5.74) is 1.44. The zero-order valence-electron chi connectivity index (χ0n) is 14.9. The van der Waals surface area contributed by atoms with Crippen molar-refractivity contribution in [3.63, 3.8) is 0 Å². The standard InChI is InChI=1S/C19H31N3O2/c1-23-14-11-20-7-9-22(10-8-20)19(18-5-3-2-4-6-18)17-21-12-15-24-16-13-21/h2-6,19H,7-17H2,1H3. The molecular formula is C19H31N3O2. The summed E-state index contributed by atoms with van der Waals surface area (Å²) < 4.78 is 10.7. The summed E-state index contributed by atoms with van der Waals surface area (Å²) >= 11 is 0. The van der Waals surface area contributed by atoms with Crippen molar-refractivity contribution in [2.45, 2.75) is 6.04 Å². The molecule has 1 atom stereocenters. The van der Waals surface area contributed by atoms with Crippen LogP contribution in [0.2, 0.25) is 0 Å². The van der Waals surface area contributed by atoms with E-state index in [1.807, 2.05) is 0 Å². The first-order valence-corrected chi connectivity index (χ1v) is 9.17. The summed E-state index contributed by atoms with van der Waals surface area (Å²) in [5.74, 6) is 0. The molecule has 0 radical (unpaired) electrons. The van der Waals surface area contributed by atoms with E-state index < -0.39 is 0 Å². The Morgan fingerprint density at radius 2 is 1.67 bits per heavy atom. The molecular weight excluding hydrogens is 302 g/mol. The molecule has 2 aliphatic rings. The van der Waals surface area contributed by atoms with Crippen LogP contribution in [0.5, 0.6) is 0 Å². The fraction of sp³-hybridized carbons (Fsp3) is 0.684. The van der Waals surface area contributed by atoms with E-state index in [2.05, 4.69) is 45.0 Å². The van der Waals surface area contributed by atoms with Crippen LogP contribution in [0, 0.1) is 0 Å². The van der Waals surface area contributed by atoms with E-state index in [1.165, 1.54) is 5.56 Å². The van der Waals surface area contributed by atoms with Crippen molar-refractivity contribution in [1.29, 1.82) is 0 Å². The second-order valence-corrected chi connectivity index (χ2v) is 6.71. The van der Waals surface area contributed by atoms with Gasteiger partial charge in [-0.2, -0.15) is 0 Å². The summed E-state index contributed by atoms with van der Waals surface area (Å²) in [6, 6.07) is 11.5. The van der Waals surface area contributed by atoms with Gasteiger partial charge in [-0.1, -0.05) is 30.3 Å². The third kappa shape index (κ3) is 5.01. The van der Waals surface area contributed by atoms with Crippen molar-refractivity contribution in [2.24, 2.45) is 0 Å². The lowest BCUT2D eigenvalue weighted by Crippen LogP contribution is -2.51. The van der Waals surface area contributed by atoms with Gasteiger partial charge in [-0.3, -0.25) is 14.7 Å². The van der Waals surface area contributed by atoms with Crippen molar-refractivity contribution in [1.82, 2.24) is 14.7 Å². The van der Waals surface area contributed by atoms with Crippen LogP contribution in [0.3, 0.4) is 0 Å². The van der Waals surface area contributed by atoms with Gasteiger partial charge in [-0.15, -0.1) is 0 Å². The molecule has 2 saturated heterocycles. The maximum absolute atomic E-state index is 5.51. The summed E-state index contributed by atoms with van der Waals surface area (Å²) in [4.78, 5) is 7.73. The Hall–Kier alpha value is -0.980. The molecule has 3 rings (SSSR count). The predicted molar refractivity (Wildman–Crippen MR) is 96.3 cm³/mol. The fourth-order valence-electron chi connectivity index (χ4n) is 3.65. The monoisotopic (exact) mass is 333 g/mol. The van der Waals surface area contributed by atoms with Gasteiger partial charge < -0.3 is 9.47 Å². The maximum atomic E-state index is 5.51. The van der Waals surface area contributed by atoms with Crippen LogP contribution in [-0.2, 0) is 9.47 Å². The highest BCUT2D eigenvalue weighted by atomic mass is 16.5. The average molecular weight is 333 g/mol. The highest BCUT2D eigenvalue weighted by molar-refractivity contribution is 5.19. The molecule has 0 saturated carbocycles. The Balaban J connectivity index is 1.62. The van der Waals surface area contributed by atoms with Crippen LogP contribution in [0.4, 0.5) is 0 Å². The first-order valence-electron chi connectivity index (χ1n) is 9.17. The van der Waals surface area contributed by atoms with Crippen LogP contribution in [0.25, 0.3) is 0 Å². The second kappa shape index (κ2) is 9.49. The number of hydrogen-bond acceptors (Lipinski definition) is 5. The quantitative estimate of drug-likeness (QED) is 0.751. The predicted octanol–water partition coefficient (Wildman–Crippen LogP) is 1.32. The van der Waals surface area contributed by atoms with E-state index in [1.54, 1.807) is 7.11 Å². The molecule has 5 nitrogen and oxygen atoms in total. The lowest BCUT2D eigenvalue weighted by molar-refractivity contribution is 0.0125. The van der Waals surface area contributed by atoms with E-state index in [-0.39, 0.29) is 0 Å². The first-order chi connectivity index (χ1) is 11.9. The second-order valence-electron chi connectivity index (χ2n) is 6.71. The number of ether oxygens (including phenoxy) is 2. The van der Waals surface area contributed by atoms with Crippen molar-refractivity contribution in [2.75, 3.05) is 79.3 Å². The molecule has 0 aromatic heterocycles. The Morgan fingerprint density at radius 3 is 2.33 bits per heavy atom. The van der Waals surface area contributed by atoms with Gasteiger partial charge in [0, 0.05) is 65.5 Å². The fourth-order valence-corrected chi connectivity index (χ4v) is 3.65. The normalized spacial score (nSPS) is 22.5. The van der Waals surface area contributed by atoms with Gasteiger partial charge in [0.15, 0.2) is 0 Å². The summed E-state index contributed by atoms with van der Waals surface area (Å²) in [7, 11) is 1.78. The van der Waals surface area contributed by atoms with Gasteiger partial charge in [0.05, 0.1) is 19.8 Å². The highest BCUT2D eigenvalue weighted by Gasteiger charge is 2.27. The van der Waals surface area contributed by atoms with Gasteiger partial charge in [0.25, 0.3) is 0 Å². The lowest BCUT2D eigenvalue weighted by Gasteiger charge is -2.41. The molecule has 1 aromatic carbocycles. The minimum atomic E-state index is 0.480. The Labute approximate surface area is 146 Å². The topological polar surface area (TPSA) is 28.2 Å². The molecule has 5 heteroatoms. The molecule has 0 amide bonds. The highest BCUT2D eigenvalue weighted by Crippen LogP contribution is 2.24. The summed E-state index contributed by atoms with van der Waals surface area (Å²) in [6.45, 7) is 11.4. The Kier molecular flexibility index (Phi) is 7.05. The Bertz CT molecular complexity index is 457. The minimum Gasteiger partial charge on any atom is -0.383 e. The third-order valence-electron chi connectivity index (χ3n) is 5.18. The number of piperazine rings is 1. The van der Waals surface area contributed by atoms with E-state index >= 15 is 0 Å². The third-order valence-corrected chi connectivity index (χ3v) is 5.18. The number of hydrogen-bond donors (Lipinski definition) is 0. The summed E-state index contributed by atoms with van der Waals surface area (Å²) in [6.07, 6.45) is 0. The summed E-state index contributed by atoms with van der Waals surface area (Å²) in [5, 5.41) is 0. The smallest absolute Gasteiger partial charge is 0.0594 e. The lowest BCUT2D eigenvalue weighted by atomic mass is 10.0. The van der Waals surface area contributed by atoms with Crippen molar-refractivity contribution < 1.29 is 9.47 Å². The number of methoxy groups -OCH3 is 1. The molecule has 0 aliphatic carbocycles. The largest absolute Gasteiger partial charge is 0.383 e. The molecule has 2 fully saturated rings. The van der Waals surface area contributed by atoms with Crippen molar-refractivity contribution >= 4 is 0 Å². The average Bonchev–Trinajstić information content (AvgIpc) is 2.66. The van der Waals surface area contributed by atoms with E-state index in [0.29, 0.717) is 6.04 Å². The maximum Gasteiger partial charge on any atom is 0.0594 e. The van der Waals surface area contributed by atoms with Gasteiger partial charge in [-0.25, -0.2) is 0 Å². The van der Waals surface area contributed by atoms with E-state index in [9.17, 15) is 0 Å². The molecule has 134 valence electrons. The van der Waals surface area contributed by atoms with Crippen LogP contribution in [0.1, 0.15) is 11.6 Å². The molecule has 0 N–H and O–H groups in total. The van der Waals surface area contributed by atoms with Gasteiger partial charge >= 0.3 is 0 Å². The zero-order valence-corrected chi connectivity index (χ0v) is 14.9. The number of benzene rings is 1. The van der Waals surface area contributed by atoms with Gasteiger partial charge in [-0.05, 0) is 5.56 Å². The first kappa shape index (κ1) is 17.8. The van der Waals surface area contributed by atoms with Gasteiger partial charge in [0.2, 0.25) is 0 Å². The van der Waals surface area contributed by atoms with Crippen LogP contribution in [-0.4, -0.2) is 94.0 Å². The van der Waals surface area contributed by atoms with Crippen molar-refractivity contribution in [3.8, 4) is 0 Å². The zero-order chi connectivity index (χ0) is 16.6. The van der Waals surface area contributed by atoms with E-state index in [4.69, 9.17) is 9.47 Å². The Morgan fingerprint density at radius 1 is 0.958 bits per heavy atom. The van der Waals surface area contributed by atoms with Crippen LogP contribution >= 0.6 is 0 Å². The number of nitrogens with zero attached hydrogens (tertiary/aromatic N) is 3. The number of morpholine rings is 1. The molecule has 0 bridgehead atoms. The molecule has 2 heterocycles.